The predicted octanol–water partition coefficient (Wildman–Crippen LogP) is 2.49. The van der Waals surface area contributed by atoms with Gasteiger partial charge in [0.05, 0.1) is 10.6 Å². The third kappa shape index (κ3) is 4.76. The Kier molecular flexibility index (Phi) is 6.10. The van der Waals surface area contributed by atoms with E-state index >= 15 is 0 Å². The Hall–Kier alpha value is -2.72. The number of nitrogens with zero attached hydrogens (tertiary/aromatic N) is 4. The number of nitrogens with one attached hydrogen (secondary N) is 1. The monoisotopic (exact) mass is 417 g/mol. The van der Waals surface area contributed by atoms with Crippen LogP contribution in [0.15, 0.2) is 58.8 Å². The van der Waals surface area contributed by atoms with Crippen LogP contribution in [0.3, 0.4) is 0 Å². The maximum absolute atomic E-state index is 12.2. The van der Waals surface area contributed by atoms with Crippen molar-refractivity contribution in [2.24, 2.45) is 0 Å². The highest BCUT2D eigenvalue weighted by Gasteiger charge is 2.15. The molecule has 0 unspecified atom stereocenters. The largest absolute Gasteiger partial charge is 0.325 e. The second-order valence-electron chi connectivity index (χ2n) is 5.92. The molecule has 10 heteroatoms. The first-order chi connectivity index (χ1) is 13.4. The Bertz CT molecular complexity index is 1060. The van der Waals surface area contributed by atoms with Crippen LogP contribution in [-0.4, -0.2) is 46.1 Å². The van der Waals surface area contributed by atoms with Crippen molar-refractivity contribution in [1.29, 1.82) is 0 Å². The number of anilines is 1. The van der Waals surface area contributed by atoms with Crippen molar-refractivity contribution in [2.45, 2.75) is 23.5 Å². The lowest BCUT2D eigenvalue weighted by Gasteiger charge is -2.08. The van der Waals surface area contributed by atoms with Crippen LogP contribution in [0.25, 0.3) is 11.4 Å². The van der Waals surface area contributed by atoms with Gasteiger partial charge in [-0.2, -0.15) is 0 Å². The number of rotatable bonds is 7. The maximum Gasteiger partial charge on any atom is 0.234 e. The standard InChI is InChI=1S/C18H19N5O3S2/c1-3-23-17(13-8-10-19-11-9-13)21-22-18(23)27-12-16(24)20-14-4-6-15(7-5-14)28(2,25)26/h4-11H,3,12H2,1-2H3,(H,20,24). The van der Waals surface area contributed by atoms with Crippen LogP contribution >= 0.6 is 11.8 Å². The van der Waals surface area contributed by atoms with E-state index in [4.69, 9.17) is 0 Å². The molecule has 3 rings (SSSR count). The molecular formula is C18H19N5O3S2. The van der Waals surface area contributed by atoms with Crippen molar-refractivity contribution in [1.82, 2.24) is 19.7 Å². The normalized spacial score (nSPS) is 11.4. The Morgan fingerprint density at radius 2 is 1.79 bits per heavy atom. The molecule has 0 saturated carbocycles. The van der Waals surface area contributed by atoms with Gasteiger partial charge in [-0.25, -0.2) is 8.42 Å². The summed E-state index contributed by atoms with van der Waals surface area (Å²) in [6, 6.07) is 9.78. The molecule has 2 heterocycles. The first-order valence-corrected chi connectivity index (χ1v) is 11.3. The number of amides is 1. The molecule has 0 saturated heterocycles. The van der Waals surface area contributed by atoms with Crippen LogP contribution < -0.4 is 5.32 Å². The summed E-state index contributed by atoms with van der Waals surface area (Å²) in [7, 11) is -3.26. The Labute approximate surface area is 167 Å². The number of carbonyl (C=O) groups is 1. The fraction of sp³-hybridized carbons (Fsp3) is 0.222. The third-order valence-corrected chi connectivity index (χ3v) is 5.97. The second kappa shape index (κ2) is 8.53. The summed E-state index contributed by atoms with van der Waals surface area (Å²) >= 11 is 1.29. The summed E-state index contributed by atoms with van der Waals surface area (Å²) in [6.45, 7) is 2.66. The van der Waals surface area contributed by atoms with Crippen LogP contribution in [0.1, 0.15) is 6.92 Å². The van der Waals surface area contributed by atoms with Gasteiger partial charge in [0, 0.05) is 36.4 Å². The van der Waals surface area contributed by atoms with E-state index in [1.807, 2.05) is 23.6 Å². The van der Waals surface area contributed by atoms with Crippen molar-refractivity contribution in [3.05, 3.63) is 48.8 Å². The molecule has 0 atom stereocenters. The highest BCUT2D eigenvalue weighted by atomic mass is 32.2. The first-order valence-electron chi connectivity index (χ1n) is 8.45. The highest BCUT2D eigenvalue weighted by Crippen LogP contribution is 2.23. The van der Waals surface area contributed by atoms with Gasteiger partial charge in [-0.3, -0.25) is 9.78 Å². The molecule has 1 aromatic carbocycles. The summed E-state index contributed by atoms with van der Waals surface area (Å²) in [5.74, 6) is 0.667. The number of carbonyl (C=O) groups excluding carboxylic acids is 1. The average molecular weight is 418 g/mol. The van der Waals surface area contributed by atoms with Crippen LogP contribution in [-0.2, 0) is 21.2 Å². The number of hydrogen-bond donors (Lipinski definition) is 1. The van der Waals surface area contributed by atoms with Gasteiger partial charge in [-0.1, -0.05) is 11.8 Å². The van der Waals surface area contributed by atoms with E-state index in [1.165, 1.54) is 23.9 Å². The van der Waals surface area contributed by atoms with E-state index in [9.17, 15) is 13.2 Å². The zero-order valence-corrected chi connectivity index (χ0v) is 17.0. The molecule has 2 aromatic heterocycles. The quantitative estimate of drug-likeness (QED) is 0.589. The predicted molar refractivity (Wildman–Crippen MR) is 108 cm³/mol. The SMILES string of the molecule is CCn1c(SCC(=O)Nc2ccc(S(C)(=O)=O)cc2)nnc1-c1ccncc1. The van der Waals surface area contributed by atoms with Gasteiger partial charge >= 0.3 is 0 Å². The number of pyridine rings is 1. The topological polar surface area (TPSA) is 107 Å². The molecule has 0 fully saturated rings. The molecule has 0 aliphatic carbocycles. The van der Waals surface area contributed by atoms with Crippen molar-refractivity contribution < 1.29 is 13.2 Å². The minimum absolute atomic E-state index is 0.155. The number of aromatic nitrogens is 4. The number of benzene rings is 1. The molecule has 0 aliphatic rings. The van der Waals surface area contributed by atoms with Gasteiger partial charge in [-0.15, -0.1) is 10.2 Å². The van der Waals surface area contributed by atoms with Crippen LogP contribution in [0, 0.1) is 0 Å². The maximum atomic E-state index is 12.2. The van der Waals surface area contributed by atoms with Gasteiger partial charge in [0.2, 0.25) is 5.91 Å². The van der Waals surface area contributed by atoms with Crippen LogP contribution in [0.2, 0.25) is 0 Å². The minimum Gasteiger partial charge on any atom is -0.325 e. The van der Waals surface area contributed by atoms with Gasteiger partial charge in [-0.05, 0) is 43.3 Å². The molecule has 1 N–H and O–H groups in total. The van der Waals surface area contributed by atoms with E-state index in [0.29, 0.717) is 17.4 Å². The highest BCUT2D eigenvalue weighted by molar-refractivity contribution is 7.99. The van der Waals surface area contributed by atoms with Crippen LogP contribution in [0.4, 0.5) is 5.69 Å². The third-order valence-electron chi connectivity index (χ3n) is 3.87. The summed E-state index contributed by atoms with van der Waals surface area (Å²) < 4.78 is 24.9. The zero-order chi connectivity index (χ0) is 20.1. The minimum atomic E-state index is -3.26. The van der Waals surface area contributed by atoms with Gasteiger partial charge in [0.25, 0.3) is 0 Å². The Balaban J connectivity index is 1.64. The van der Waals surface area contributed by atoms with Crippen LogP contribution in [0.5, 0.6) is 0 Å². The van der Waals surface area contributed by atoms with Crippen molar-refractivity contribution in [3.63, 3.8) is 0 Å². The molecule has 3 aromatic rings. The molecule has 146 valence electrons. The van der Waals surface area contributed by atoms with E-state index in [1.54, 1.807) is 24.5 Å². The van der Waals surface area contributed by atoms with E-state index < -0.39 is 9.84 Å². The summed E-state index contributed by atoms with van der Waals surface area (Å²) in [4.78, 5) is 16.4. The van der Waals surface area contributed by atoms with E-state index in [-0.39, 0.29) is 16.6 Å². The van der Waals surface area contributed by atoms with Gasteiger partial charge in [0.1, 0.15) is 0 Å². The van der Waals surface area contributed by atoms with Crippen molar-refractivity contribution >= 4 is 33.2 Å². The van der Waals surface area contributed by atoms with E-state index in [0.717, 1.165) is 17.6 Å². The molecule has 0 bridgehead atoms. The lowest BCUT2D eigenvalue weighted by atomic mass is 10.2. The second-order valence-corrected chi connectivity index (χ2v) is 8.88. The van der Waals surface area contributed by atoms with Gasteiger partial charge in [0.15, 0.2) is 20.8 Å². The first kappa shape index (κ1) is 20.0. The molecule has 0 spiro atoms. The fourth-order valence-corrected chi connectivity index (χ4v) is 3.94. The molecule has 0 aliphatic heterocycles. The van der Waals surface area contributed by atoms with Gasteiger partial charge < -0.3 is 9.88 Å². The molecular weight excluding hydrogens is 398 g/mol. The number of thioether (sulfide) groups is 1. The summed E-state index contributed by atoms with van der Waals surface area (Å²) in [5.41, 5.74) is 1.44. The lowest BCUT2D eigenvalue weighted by Crippen LogP contribution is -2.14. The molecule has 0 radical (unpaired) electrons. The van der Waals surface area contributed by atoms with Crippen molar-refractivity contribution in [2.75, 3.05) is 17.3 Å². The average Bonchev–Trinajstić information content (AvgIpc) is 3.10. The lowest BCUT2D eigenvalue weighted by molar-refractivity contribution is -0.113. The molecule has 1 amide bonds. The summed E-state index contributed by atoms with van der Waals surface area (Å²) in [5, 5.41) is 11.8. The zero-order valence-electron chi connectivity index (χ0n) is 15.4. The molecule has 28 heavy (non-hydrogen) atoms. The smallest absolute Gasteiger partial charge is 0.234 e. The number of hydrogen-bond acceptors (Lipinski definition) is 7. The van der Waals surface area contributed by atoms with Crippen molar-refractivity contribution in [3.8, 4) is 11.4 Å². The molecule has 8 nitrogen and oxygen atoms in total. The Morgan fingerprint density at radius 1 is 1.11 bits per heavy atom. The fourth-order valence-electron chi connectivity index (χ4n) is 2.51. The van der Waals surface area contributed by atoms with E-state index in [2.05, 4.69) is 20.5 Å². The number of sulfone groups is 1. The Morgan fingerprint density at radius 3 is 2.39 bits per heavy atom. The summed E-state index contributed by atoms with van der Waals surface area (Å²) in [6.07, 6.45) is 4.53.